The van der Waals surface area contributed by atoms with E-state index in [9.17, 15) is 0 Å². The highest BCUT2D eigenvalue weighted by Crippen LogP contribution is 2.33. The highest BCUT2D eigenvalue weighted by atomic mass is 15.2. The molecule has 0 aliphatic rings. The molecule has 0 atom stereocenters. The summed E-state index contributed by atoms with van der Waals surface area (Å²) in [4.78, 5) is 4.68. The lowest BCUT2D eigenvalue weighted by Crippen LogP contribution is -2.23. The lowest BCUT2D eigenvalue weighted by atomic mass is 10.1. The predicted molar refractivity (Wildman–Crippen MR) is 108 cm³/mol. The molecule has 2 heteroatoms. The molecule has 0 bridgehead atoms. The molecule has 0 radical (unpaired) electrons. The quantitative estimate of drug-likeness (QED) is 0.607. The Morgan fingerprint density at radius 2 is 1.12 bits per heavy atom. The topological polar surface area (TPSA) is 6.48 Å². The molecule has 0 aliphatic carbocycles. The lowest BCUT2D eigenvalue weighted by molar-refractivity contribution is 0.882. The summed E-state index contributed by atoms with van der Waals surface area (Å²) in [5, 5.41) is 0. The van der Waals surface area contributed by atoms with Crippen molar-refractivity contribution < 1.29 is 0 Å². The molecule has 3 aromatic rings. The maximum atomic E-state index is 2.35. The third kappa shape index (κ3) is 4.21. The molecule has 0 spiro atoms. The van der Waals surface area contributed by atoms with Gasteiger partial charge in [0.15, 0.2) is 0 Å². The fraction of sp³-hybridized carbons (Fsp3) is 0.217. The minimum Gasteiger partial charge on any atom is -0.369 e. The van der Waals surface area contributed by atoms with Gasteiger partial charge in [-0.15, -0.1) is 0 Å². The number of hydrogen-bond acceptors (Lipinski definition) is 2. The molecule has 128 valence electrons. The van der Waals surface area contributed by atoms with Crippen molar-refractivity contribution in [1.29, 1.82) is 0 Å². The van der Waals surface area contributed by atoms with E-state index in [1.54, 1.807) is 0 Å². The van der Waals surface area contributed by atoms with E-state index in [2.05, 4.69) is 110 Å². The van der Waals surface area contributed by atoms with Crippen LogP contribution in [0.2, 0.25) is 0 Å². The van der Waals surface area contributed by atoms with E-state index in [0.717, 1.165) is 13.1 Å². The number of nitrogens with zero attached hydrogens (tertiary/aromatic N) is 2. The summed E-state index contributed by atoms with van der Waals surface area (Å²) >= 11 is 0. The van der Waals surface area contributed by atoms with Crippen molar-refractivity contribution in [2.24, 2.45) is 0 Å². The molecule has 0 aliphatic heterocycles. The predicted octanol–water partition coefficient (Wildman–Crippen LogP) is 5.27. The summed E-state index contributed by atoms with van der Waals surface area (Å²) in [6, 6.07) is 27.8. The molecule has 0 N–H and O–H groups in total. The molecular weight excluding hydrogens is 304 g/mol. The molecule has 25 heavy (non-hydrogen) atoms. The van der Waals surface area contributed by atoms with Crippen LogP contribution < -0.4 is 9.80 Å². The zero-order valence-corrected chi connectivity index (χ0v) is 15.3. The smallest absolute Gasteiger partial charge is 0.0634 e. The highest BCUT2D eigenvalue weighted by Gasteiger charge is 2.14. The van der Waals surface area contributed by atoms with Crippen molar-refractivity contribution >= 4 is 11.4 Å². The monoisotopic (exact) mass is 330 g/mol. The summed E-state index contributed by atoms with van der Waals surface area (Å²) < 4.78 is 0. The van der Waals surface area contributed by atoms with E-state index in [1.165, 1.54) is 28.1 Å². The second kappa shape index (κ2) is 7.89. The van der Waals surface area contributed by atoms with E-state index in [0.29, 0.717) is 0 Å². The molecule has 0 unspecified atom stereocenters. The van der Waals surface area contributed by atoms with E-state index in [4.69, 9.17) is 0 Å². The number of rotatable bonds is 6. The first-order valence-electron chi connectivity index (χ1n) is 8.75. The van der Waals surface area contributed by atoms with Gasteiger partial charge in [0.05, 0.1) is 11.4 Å². The van der Waals surface area contributed by atoms with Crippen molar-refractivity contribution in [3.05, 3.63) is 95.6 Å². The SMILES string of the molecule is Cc1cccc(N(C)Cc2ccccc2)c1N(C)Cc1ccccc1. The molecule has 0 aromatic heterocycles. The number of benzene rings is 3. The Balaban J connectivity index is 1.86. The van der Waals surface area contributed by atoms with Crippen molar-refractivity contribution in [3.63, 3.8) is 0 Å². The van der Waals surface area contributed by atoms with Crippen LogP contribution in [0, 0.1) is 6.92 Å². The molecule has 0 saturated carbocycles. The van der Waals surface area contributed by atoms with Gasteiger partial charge in [0.1, 0.15) is 0 Å². The maximum absolute atomic E-state index is 2.35. The molecule has 0 amide bonds. The fourth-order valence-corrected chi connectivity index (χ4v) is 3.33. The first-order chi connectivity index (χ1) is 12.1. The first-order valence-corrected chi connectivity index (χ1v) is 8.75. The Labute approximate surface area is 151 Å². The lowest BCUT2D eigenvalue weighted by Gasteiger charge is -2.29. The average molecular weight is 330 g/mol. The summed E-state index contributed by atoms with van der Waals surface area (Å²) in [5.41, 5.74) is 6.51. The zero-order chi connectivity index (χ0) is 17.6. The maximum Gasteiger partial charge on any atom is 0.0634 e. The second-order valence-electron chi connectivity index (χ2n) is 6.63. The standard InChI is InChI=1S/C23H26N2/c1-19-11-10-16-22(24(2)17-20-12-6-4-7-13-20)23(19)25(3)18-21-14-8-5-9-15-21/h4-16H,17-18H2,1-3H3. The molecule has 3 aromatic carbocycles. The number of anilines is 2. The molecule has 0 heterocycles. The second-order valence-corrected chi connectivity index (χ2v) is 6.63. The van der Waals surface area contributed by atoms with Crippen LogP contribution in [0.1, 0.15) is 16.7 Å². The van der Waals surface area contributed by atoms with Gasteiger partial charge in [-0.3, -0.25) is 0 Å². The van der Waals surface area contributed by atoms with E-state index in [-0.39, 0.29) is 0 Å². The molecule has 0 fully saturated rings. The Kier molecular flexibility index (Phi) is 5.39. The van der Waals surface area contributed by atoms with Crippen LogP contribution in [0.3, 0.4) is 0 Å². The van der Waals surface area contributed by atoms with Crippen molar-refractivity contribution in [2.75, 3.05) is 23.9 Å². The van der Waals surface area contributed by atoms with Gasteiger partial charge in [0.2, 0.25) is 0 Å². The highest BCUT2D eigenvalue weighted by molar-refractivity contribution is 5.74. The molecule has 0 saturated heterocycles. The van der Waals surface area contributed by atoms with Crippen LogP contribution >= 0.6 is 0 Å². The fourth-order valence-electron chi connectivity index (χ4n) is 3.33. The summed E-state index contributed by atoms with van der Waals surface area (Å²) in [7, 11) is 4.34. The van der Waals surface area contributed by atoms with E-state index in [1.807, 2.05) is 0 Å². The van der Waals surface area contributed by atoms with Crippen LogP contribution in [-0.4, -0.2) is 14.1 Å². The molecule has 3 rings (SSSR count). The number of para-hydroxylation sites is 1. The van der Waals surface area contributed by atoms with E-state index >= 15 is 0 Å². The minimum atomic E-state index is 0.899. The average Bonchev–Trinajstić information content (AvgIpc) is 2.63. The number of aryl methyl sites for hydroxylation is 1. The van der Waals surface area contributed by atoms with Crippen molar-refractivity contribution in [2.45, 2.75) is 20.0 Å². The van der Waals surface area contributed by atoms with Gasteiger partial charge in [-0.05, 0) is 29.7 Å². The van der Waals surface area contributed by atoms with Gasteiger partial charge in [-0.2, -0.15) is 0 Å². The zero-order valence-electron chi connectivity index (χ0n) is 15.3. The Bertz CT molecular complexity index is 797. The van der Waals surface area contributed by atoms with Crippen LogP contribution in [0.4, 0.5) is 11.4 Å². The first kappa shape index (κ1) is 17.1. The van der Waals surface area contributed by atoms with Crippen LogP contribution in [0.5, 0.6) is 0 Å². The van der Waals surface area contributed by atoms with Gasteiger partial charge < -0.3 is 9.80 Å². The van der Waals surface area contributed by atoms with Gasteiger partial charge in [0.25, 0.3) is 0 Å². The van der Waals surface area contributed by atoms with E-state index < -0.39 is 0 Å². The van der Waals surface area contributed by atoms with Crippen molar-refractivity contribution in [1.82, 2.24) is 0 Å². The minimum absolute atomic E-state index is 0.899. The van der Waals surface area contributed by atoms with Crippen LogP contribution in [-0.2, 0) is 13.1 Å². The van der Waals surface area contributed by atoms with Gasteiger partial charge in [-0.25, -0.2) is 0 Å². The Hall–Kier alpha value is -2.74. The summed E-state index contributed by atoms with van der Waals surface area (Å²) in [6.45, 7) is 3.99. The van der Waals surface area contributed by atoms with Gasteiger partial charge in [0, 0.05) is 27.2 Å². The normalized spacial score (nSPS) is 10.5. The summed E-state index contributed by atoms with van der Waals surface area (Å²) in [6.07, 6.45) is 0. The third-order valence-corrected chi connectivity index (χ3v) is 4.53. The van der Waals surface area contributed by atoms with Gasteiger partial charge in [-0.1, -0.05) is 72.8 Å². The van der Waals surface area contributed by atoms with Crippen molar-refractivity contribution in [3.8, 4) is 0 Å². The molecule has 2 nitrogen and oxygen atoms in total. The Morgan fingerprint density at radius 3 is 1.68 bits per heavy atom. The molecular formula is C23H26N2. The number of hydrogen-bond donors (Lipinski definition) is 0. The van der Waals surface area contributed by atoms with Gasteiger partial charge >= 0.3 is 0 Å². The largest absolute Gasteiger partial charge is 0.369 e. The van der Waals surface area contributed by atoms with Crippen LogP contribution in [0.15, 0.2) is 78.9 Å². The van der Waals surface area contributed by atoms with Crippen LogP contribution in [0.25, 0.3) is 0 Å². The summed E-state index contributed by atoms with van der Waals surface area (Å²) in [5.74, 6) is 0. The Morgan fingerprint density at radius 1 is 0.600 bits per heavy atom. The third-order valence-electron chi connectivity index (χ3n) is 4.53.